The van der Waals surface area contributed by atoms with Gasteiger partial charge in [-0.1, -0.05) is 11.3 Å². The molecular formula is C14H11F3N6OS. The molecule has 0 aliphatic carbocycles. The number of furan rings is 1. The molecule has 0 aliphatic heterocycles. The van der Waals surface area contributed by atoms with Gasteiger partial charge < -0.3 is 4.42 Å². The first-order valence-corrected chi connectivity index (χ1v) is 8.03. The summed E-state index contributed by atoms with van der Waals surface area (Å²) in [7, 11) is 0. The van der Waals surface area contributed by atoms with Crippen LogP contribution in [0.15, 0.2) is 16.5 Å². The fourth-order valence-electron chi connectivity index (χ4n) is 2.49. The summed E-state index contributed by atoms with van der Waals surface area (Å²) in [5, 5.41) is 17.9. The largest absolute Gasteiger partial charge is 0.458 e. The van der Waals surface area contributed by atoms with Gasteiger partial charge in [0.15, 0.2) is 10.8 Å². The number of rotatable bonds is 3. The van der Waals surface area contributed by atoms with Crippen molar-refractivity contribution in [3.63, 3.8) is 0 Å². The van der Waals surface area contributed by atoms with Crippen LogP contribution in [0.1, 0.15) is 28.5 Å². The first-order chi connectivity index (χ1) is 11.8. The lowest BCUT2D eigenvalue weighted by Gasteiger charge is -2.00. The molecule has 0 radical (unpaired) electrons. The molecule has 130 valence electrons. The summed E-state index contributed by atoms with van der Waals surface area (Å²) >= 11 is 0.981. The van der Waals surface area contributed by atoms with E-state index >= 15 is 0 Å². The summed E-state index contributed by atoms with van der Waals surface area (Å²) in [5.74, 6) is -0.0940. The van der Waals surface area contributed by atoms with Crippen LogP contribution in [-0.2, 0) is 12.6 Å². The molecule has 0 unspecified atom stereocenters. The summed E-state index contributed by atoms with van der Waals surface area (Å²) in [5.41, 5.74) is 2.85. The Morgan fingerprint density at radius 2 is 2.04 bits per heavy atom. The maximum atomic E-state index is 12.9. The minimum atomic E-state index is -4.62. The van der Waals surface area contributed by atoms with Crippen LogP contribution in [0.2, 0.25) is 0 Å². The van der Waals surface area contributed by atoms with Gasteiger partial charge in [0.25, 0.3) is 5.82 Å². The SMILES string of the molecule is Cc1n[nH]c(C)c1Cc1ccc(-c2nn3c(C(F)(F)F)nnc3s2)o1. The predicted molar refractivity (Wildman–Crippen MR) is 82.2 cm³/mol. The molecule has 0 fully saturated rings. The van der Waals surface area contributed by atoms with Crippen molar-refractivity contribution in [3.8, 4) is 10.8 Å². The van der Waals surface area contributed by atoms with E-state index in [0.717, 1.165) is 28.3 Å². The van der Waals surface area contributed by atoms with Gasteiger partial charge in [0.2, 0.25) is 4.96 Å². The molecule has 0 saturated heterocycles. The number of nitrogens with zero attached hydrogens (tertiary/aromatic N) is 5. The lowest BCUT2D eigenvalue weighted by molar-refractivity contribution is -0.146. The normalized spacial score (nSPS) is 12.4. The van der Waals surface area contributed by atoms with E-state index in [9.17, 15) is 13.2 Å². The van der Waals surface area contributed by atoms with Crippen LogP contribution < -0.4 is 0 Å². The second-order valence-corrected chi connectivity index (χ2v) is 6.43. The van der Waals surface area contributed by atoms with Gasteiger partial charge in [-0.3, -0.25) is 5.10 Å². The van der Waals surface area contributed by atoms with E-state index in [1.807, 2.05) is 13.8 Å². The fourth-order valence-corrected chi connectivity index (χ4v) is 3.29. The van der Waals surface area contributed by atoms with Gasteiger partial charge in [0, 0.05) is 17.7 Å². The topological polar surface area (TPSA) is 84.9 Å². The second-order valence-electron chi connectivity index (χ2n) is 5.48. The van der Waals surface area contributed by atoms with E-state index < -0.39 is 12.0 Å². The molecule has 4 rings (SSSR count). The zero-order valence-corrected chi connectivity index (χ0v) is 13.9. The molecule has 25 heavy (non-hydrogen) atoms. The van der Waals surface area contributed by atoms with Gasteiger partial charge in [-0.05, 0) is 26.0 Å². The van der Waals surface area contributed by atoms with Crippen molar-refractivity contribution in [1.82, 2.24) is 30.0 Å². The molecule has 0 spiro atoms. The Morgan fingerprint density at radius 3 is 2.72 bits per heavy atom. The van der Waals surface area contributed by atoms with E-state index in [4.69, 9.17) is 4.42 Å². The predicted octanol–water partition coefficient (Wildman–Crippen LogP) is 3.40. The molecule has 7 nitrogen and oxygen atoms in total. The molecule has 0 amide bonds. The van der Waals surface area contributed by atoms with Gasteiger partial charge in [0.1, 0.15) is 5.76 Å². The van der Waals surface area contributed by atoms with E-state index in [1.165, 1.54) is 0 Å². The highest BCUT2D eigenvalue weighted by Gasteiger charge is 2.38. The third kappa shape index (κ3) is 2.69. The molecular weight excluding hydrogens is 357 g/mol. The molecule has 4 heterocycles. The Kier molecular flexibility index (Phi) is 3.42. The maximum Gasteiger partial charge on any atom is 0.453 e. The zero-order valence-electron chi connectivity index (χ0n) is 13.0. The van der Waals surface area contributed by atoms with Crippen molar-refractivity contribution in [2.75, 3.05) is 0 Å². The minimum Gasteiger partial charge on any atom is -0.458 e. The van der Waals surface area contributed by atoms with Crippen molar-refractivity contribution in [2.45, 2.75) is 26.4 Å². The molecule has 4 aromatic rings. The molecule has 4 aromatic heterocycles. The lowest BCUT2D eigenvalue weighted by atomic mass is 10.1. The van der Waals surface area contributed by atoms with Crippen molar-refractivity contribution in [3.05, 3.63) is 40.7 Å². The van der Waals surface area contributed by atoms with E-state index in [0.29, 0.717) is 27.5 Å². The van der Waals surface area contributed by atoms with E-state index in [2.05, 4.69) is 25.5 Å². The average Bonchev–Trinajstić information content (AvgIpc) is 3.25. The van der Waals surface area contributed by atoms with Gasteiger partial charge in [-0.15, -0.1) is 15.3 Å². The van der Waals surface area contributed by atoms with Crippen molar-refractivity contribution in [1.29, 1.82) is 0 Å². The highest BCUT2D eigenvalue weighted by Crippen LogP contribution is 2.32. The molecule has 0 aromatic carbocycles. The summed E-state index contributed by atoms with van der Waals surface area (Å²) in [6.07, 6.45) is -4.08. The van der Waals surface area contributed by atoms with Gasteiger partial charge in [0.05, 0.1) is 5.69 Å². The lowest BCUT2D eigenvalue weighted by Crippen LogP contribution is -2.11. The van der Waals surface area contributed by atoms with Crippen LogP contribution >= 0.6 is 11.3 Å². The Morgan fingerprint density at radius 1 is 1.24 bits per heavy atom. The molecule has 0 aliphatic rings. The highest BCUT2D eigenvalue weighted by molar-refractivity contribution is 7.19. The zero-order chi connectivity index (χ0) is 17.8. The summed E-state index contributed by atoms with van der Waals surface area (Å²) in [6.45, 7) is 3.81. The number of hydrogen-bond acceptors (Lipinski definition) is 6. The van der Waals surface area contributed by atoms with Crippen molar-refractivity contribution >= 4 is 16.3 Å². The molecule has 1 N–H and O–H groups in total. The number of fused-ring (bicyclic) bond motifs is 1. The summed E-state index contributed by atoms with van der Waals surface area (Å²) in [6, 6.07) is 3.45. The molecule has 0 bridgehead atoms. The second kappa shape index (κ2) is 5.41. The van der Waals surface area contributed by atoms with Crippen molar-refractivity contribution < 1.29 is 17.6 Å². The number of H-pyrrole nitrogens is 1. The highest BCUT2D eigenvalue weighted by atomic mass is 32.1. The maximum absolute atomic E-state index is 12.9. The van der Waals surface area contributed by atoms with Gasteiger partial charge >= 0.3 is 6.18 Å². The van der Waals surface area contributed by atoms with E-state index in [-0.39, 0.29) is 4.96 Å². The van der Waals surface area contributed by atoms with Gasteiger partial charge in [-0.2, -0.15) is 22.8 Å². The third-order valence-corrected chi connectivity index (χ3v) is 4.66. The van der Waals surface area contributed by atoms with Gasteiger partial charge in [-0.25, -0.2) is 0 Å². The summed E-state index contributed by atoms with van der Waals surface area (Å²) in [4.78, 5) is 0.0572. The first-order valence-electron chi connectivity index (χ1n) is 7.22. The van der Waals surface area contributed by atoms with Crippen LogP contribution in [0.3, 0.4) is 0 Å². The standard InChI is InChI=1S/C14H11F3N6OS/c1-6-9(7(2)19-18-6)5-8-3-4-10(24-8)11-22-23-12(14(15,16)17)20-21-13(23)25-11/h3-4H,5H2,1-2H3,(H,18,19). The molecule has 0 saturated carbocycles. The monoisotopic (exact) mass is 368 g/mol. The minimum absolute atomic E-state index is 0.0572. The number of aryl methyl sites for hydroxylation is 2. The Bertz CT molecular complexity index is 1040. The number of aromatic amines is 1. The summed E-state index contributed by atoms with van der Waals surface area (Å²) < 4.78 is 45.0. The third-order valence-electron chi connectivity index (χ3n) is 3.75. The van der Waals surface area contributed by atoms with E-state index in [1.54, 1.807) is 12.1 Å². The Labute approximate surface area is 142 Å². The van der Waals surface area contributed by atoms with Crippen LogP contribution in [0.4, 0.5) is 13.2 Å². The van der Waals surface area contributed by atoms with Crippen LogP contribution in [0.25, 0.3) is 15.7 Å². The number of nitrogens with one attached hydrogen (secondary N) is 1. The fraction of sp³-hybridized carbons (Fsp3) is 0.286. The Hall–Kier alpha value is -2.69. The number of alkyl halides is 3. The number of hydrogen-bond donors (Lipinski definition) is 1. The number of aromatic nitrogens is 6. The smallest absolute Gasteiger partial charge is 0.453 e. The van der Waals surface area contributed by atoms with Crippen LogP contribution in [0.5, 0.6) is 0 Å². The quantitative estimate of drug-likeness (QED) is 0.599. The van der Waals surface area contributed by atoms with Crippen LogP contribution in [0, 0.1) is 13.8 Å². The first kappa shape index (κ1) is 15.8. The molecule has 0 atom stereocenters. The Balaban J connectivity index is 1.66. The average molecular weight is 368 g/mol. The number of halogens is 3. The van der Waals surface area contributed by atoms with Crippen molar-refractivity contribution in [2.24, 2.45) is 0 Å². The van der Waals surface area contributed by atoms with Crippen LogP contribution in [-0.4, -0.2) is 30.0 Å². The molecule has 11 heteroatoms.